The highest BCUT2D eigenvalue weighted by atomic mass is 16.2. The van der Waals surface area contributed by atoms with Crippen LogP contribution in [-0.4, -0.2) is 20.6 Å². The summed E-state index contributed by atoms with van der Waals surface area (Å²) in [5, 5.41) is 4.14. The Bertz CT molecular complexity index is 617. The molecule has 0 bridgehead atoms. The van der Waals surface area contributed by atoms with Crippen molar-refractivity contribution >= 4 is 11.6 Å². The lowest BCUT2D eigenvalue weighted by Crippen LogP contribution is -2.25. The van der Waals surface area contributed by atoms with Gasteiger partial charge in [-0.1, -0.05) is 6.07 Å². The topological polar surface area (TPSA) is 64.2 Å². The number of nitrogens with zero attached hydrogens (tertiary/aromatic N) is 3. The molecule has 0 fully saturated rings. The molecule has 2 aromatic rings. The van der Waals surface area contributed by atoms with Crippen molar-refractivity contribution in [3.63, 3.8) is 0 Å². The largest absolute Gasteiger partial charge is 0.399 e. The van der Waals surface area contributed by atoms with Crippen molar-refractivity contribution in [3.8, 4) is 0 Å². The van der Waals surface area contributed by atoms with Crippen LogP contribution in [0.3, 0.4) is 0 Å². The van der Waals surface area contributed by atoms with Gasteiger partial charge in [-0.25, -0.2) is 0 Å². The number of carbonyl (C=O) groups excluding carboxylic acids is 1. The first-order chi connectivity index (χ1) is 8.63. The number of fused-ring (bicyclic) bond motifs is 1. The smallest absolute Gasteiger partial charge is 0.274 e. The molecule has 92 valence electrons. The molecule has 0 saturated heterocycles. The third kappa shape index (κ3) is 1.73. The van der Waals surface area contributed by atoms with Crippen molar-refractivity contribution < 1.29 is 4.79 Å². The predicted octanol–water partition coefficient (Wildman–Crippen LogP) is 1.16. The van der Waals surface area contributed by atoms with E-state index in [2.05, 4.69) is 5.10 Å². The number of hydrogen-bond donors (Lipinski definition) is 1. The third-order valence-electron chi connectivity index (χ3n) is 3.17. The number of aromatic nitrogens is 2. The summed E-state index contributed by atoms with van der Waals surface area (Å²) in [5.74, 6) is -0.0367. The second-order valence-electron chi connectivity index (χ2n) is 4.56. The summed E-state index contributed by atoms with van der Waals surface area (Å²) in [6.07, 6.45) is 1.77. The lowest BCUT2D eigenvalue weighted by molar-refractivity contribution is 0.0744. The Balaban J connectivity index is 1.83. The monoisotopic (exact) mass is 242 g/mol. The maximum absolute atomic E-state index is 12.2. The highest BCUT2D eigenvalue weighted by Crippen LogP contribution is 2.25. The Labute approximate surface area is 105 Å². The molecular weight excluding hydrogens is 228 g/mol. The fourth-order valence-corrected chi connectivity index (χ4v) is 2.25. The van der Waals surface area contributed by atoms with Crippen LogP contribution in [0.5, 0.6) is 0 Å². The van der Waals surface area contributed by atoms with E-state index in [4.69, 9.17) is 5.73 Å². The van der Waals surface area contributed by atoms with Gasteiger partial charge in [0.2, 0.25) is 0 Å². The molecule has 1 amide bonds. The van der Waals surface area contributed by atoms with E-state index in [1.807, 2.05) is 18.2 Å². The van der Waals surface area contributed by atoms with Gasteiger partial charge in [-0.2, -0.15) is 5.10 Å². The van der Waals surface area contributed by atoms with Crippen LogP contribution in [0.4, 0.5) is 5.69 Å². The van der Waals surface area contributed by atoms with E-state index in [1.165, 1.54) is 0 Å². The molecule has 18 heavy (non-hydrogen) atoms. The maximum atomic E-state index is 12.2. The van der Waals surface area contributed by atoms with Crippen LogP contribution in [0.2, 0.25) is 0 Å². The van der Waals surface area contributed by atoms with Crippen molar-refractivity contribution in [2.24, 2.45) is 7.05 Å². The minimum Gasteiger partial charge on any atom is -0.399 e. The molecule has 1 aliphatic rings. The Morgan fingerprint density at radius 3 is 2.78 bits per heavy atom. The summed E-state index contributed by atoms with van der Waals surface area (Å²) in [4.78, 5) is 14.0. The first-order valence-electron chi connectivity index (χ1n) is 5.80. The van der Waals surface area contributed by atoms with Gasteiger partial charge in [0.05, 0.1) is 0 Å². The van der Waals surface area contributed by atoms with Crippen LogP contribution in [0.1, 0.15) is 21.6 Å². The zero-order valence-corrected chi connectivity index (χ0v) is 10.1. The molecule has 2 heterocycles. The summed E-state index contributed by atoms with van der Waals surface area (Å²) >= 11 is 0. The van der Waals surface area contributed by atoms with E-state index >= 15 is 0 Å². The molecule has 5 heteroatoms. The molecule has 0 saturated carbocycles. The molecule has 0 unspecified atom stereocenters. The first kappa shape index (κ1) is 10.8. The second-order valence-corrected chi connectivity index (χ2v) is 4.56. The molecule has 0 spiro atoms. The fourth-order valence-electron chi connectivity index (χ4n) is 2.25. The van der Waals surface area contributed by atoms with Crippen molar-refractivity contribution in [2.75, 3.05) is 5.73 Å². The van der Waals surface area contributed by atoms with Gasteiger partial charge >= 0.3 is 0 Å². The second kappa shape index (κ2) is 3.87. The van der Waals surface area contributed by atoms with Crippen LogP contribution in [0.15, 0.2) is 30.5 Å². The van der Waals surface area contributed by atoms with Gasteiger partial charge in [0.15, 0.2) is 0 Å². The standard InChI is InChI=1S/C13H14N4O/c1-16-5-4-12(15-16)13(18)17-7-9-2-3-11(14)6-10(9)8-17/h2-6H,7-8,14H2,1H3. The van der Waals surface area contributed by atoms with Crippen LogP contribution in [0.25, 0.3) is 0 Å². The number of carbonyl (C=O) groups is 1. The molecule has 2 N–H and O–H groups in total. The number of anilines is 1. The highest BCUT2D eigenvalue weighted by molar-refractivity contribution is 5.92. The van der Waals surface area contributed by atoms with Crippen molar-refractivity contribution in [3.05, 3.63) is 47.3 Å². The van der Waals surface area contributed by atoms with E-state index < -0.39 is 0 Å². The van der Waals surface area contributed by atoms with Gasteiger partial charge in [0.1, 0.15) is 5.69 Å². The number of hydrogen-bond acceptors (Lipinski definition) is 3. The quantitative estimate of drug-likeness (QED) is 0.763. The molecule has 3 rings (SSSR count). The molecular formula is C13H14N4O. The average Bonchev–Trinajstić information content (AvgIpc) is 2.93. The van der Waals surface area contributed by atoms with E-state index in [1.54, 1.807) is 28.9 Å². The molecule has 5 nitrogen and oxygen atoms in total. The van der Waals surface area contributed by atoms with Crippen molar-refractivity contribution in [2.45, 2.75) is 13.1 Å². The van der Waals surface area contributed by atoms with Crippen LogP contribution in [0, 0.1) is 0 Å². The third-order valence-corrected chi connectivity index (χ3v) is 3.17. The molecule has 0 atom stereocenters. The minimum atomic E-state index is -0.0367. The van der Waals surface area contributed by atoms with Crippen molar-refractivity contribution in [1.82, 2.24) is 14.7 Å². The summed E-state index contributed by atoms with van der Waals surface area (Å²) in [7, 11) is 1.80. The van der Waals surface area contributed by atoms with Gasteiger partial charge in [-0.15, -0.1) is 0 Å². The SMILES string of the molecule is Cn1ccc(C(=O)N2Cc3ccc(N)cc3C2)n1. The number of rotatable bonds is 1. The average molecular weight is 242 g/mol. The zero-order valence-electron chi connectivity index (χ0n) is 10.1. The predicted molar refractivity (Wildman–Crippen MR) is 67.6 cm³/mol. The van der Waals surface area contributed by atoms with Gasteiger partial charge < -0.3 is 10.6 Å². The van der Waals surface area contributed by atoms with Gasteiger partial charge in [0, 0.05) is 32.0 Å². The van der Waals surface area contributed by atoms with Gasteiger partial charge in [-0.05, 0) is 29.3 Å². The van der Waals surface area contributed by atoms with Crippen molar-refractivity contribution in [1.29, 1.82) is 0 Å². The highest BCUT2D eigenvalue weighted by Gasteiger charge is 2.25. The van der Waals surface area contributed by atoms with E-state index in [0.717, 1.165) is 16.8 Å². The van der Waals surface area contributed by atoms with Gasteiger partial charge in [0.25, 0.3) is 5.91 Å². The zero-order chi connectivity index (χ0) is 12.7. The van der Waals surface area contributed by atoms with E-state index in [-0.39, 0.29) is 5.91 Å². The molecule has 0 aliphatic carbocycles. The van der Waals surface area contributed by atoms with Gasteiger partial charge in [-0.3, -0.25) is 9.48 Å². The number of amides is 1. The minimum absolute atomic E-state index is 0.0367. The summed E-state index contributed by atoms with van der Waals surface area (Å²) in [6.45, 7) is 1.24. The Kier molecular flexibility index (Phi) is 2.33. The lowest BCUT2D eigenvalue weighted by Gasteiger charge is -2.13. The normalized spacial score (nSPS) is 13.7. The summed E-state index contributed by atoms with van der Waals surface area (Å²) in [6, 6.07) is 7.52. The summed E-state index contributed by atoms with van der Waals surface area (Å²) < 4.78 is 1.63. The number of aryl methyl sites for hydroxylation is 1. The molecule has 1 aromatic carbocycles. The van der Waals surface area contributed by atoms with Crippen LogP contribution >= 0.6 is 0 Å². The summed E-state index contributed by atoms with van der Waals surface area (Å²) in [5.41, 5.74) is 9.25. The molecule has 0 radical (unpaired) electrons. The number of nitrogen functional groups attached to an aromatic ring is 1. The van der Waals surface area contributed by atoms with E-state index in [0.29, 0.717) is 18.8 Å². The maximum Gasteiger partial charge on any atom is 0.274 e. The molecule has 1 aromatic heterocycles. The number of benzene rings is 1. The van der Waals surface area contributed by atoms with Crippen LogP contribution < -0.4 is 5.73 Å². The Hall–Kier alpha value is -2.30. The lowest BCUT2D eigenvalue weighted by atomic mass is 10.1. The van der Waals surface area contributed by atoms with Crippen LogP contribution in [-0.2, 0) is 20.1 Å². The Morgan fingerprint density at radius 2 is 2.06 bits per heavy atom. The first-order valence-corrected chi connectivity index (χ1v) is 5.80. The fraction of sp³-hybridized carbons (Fsp3) is 0.231. The molecule has 1 aliphatic heterocycles. The van der Waals surface area contributed by atoms with E-state index in [9.17, 15) is 4.79 Å². The Morgan fingerprint density at radius 1 is 1.28 bits per heavy atom. The number of nitrogens with two attached hydrogens (primary N) is 1.